The SMILES string of the molecule is C=C(OC(C)(C)C)N1CCN(C(=O)[C@@H](NC(=O)OC)C(C)C)[C@H](c2ncc(-c3ccc(Br)cc3)[nH]2)C1. The fourth-order valence-corrected chi connectivity index (χ4v) is 4.35. The van der Waals surface area contributed by atoms with E-state index in [2.05, 4.69) is 37.8 Å². The lowest BCUT2D eigenvalue weighted by atomic mass is 10.0. The molecule has 36 heavy (non-hydrogen) atoms. The van der Waals surface area contributed by atoms with Crippen LogP contribution in [0.4, 0.5) is 4.79 Å². The van der Waals surface area contributed by atoms with Crippen molar-refractivity contribution in [2.75, 3.05) is 26.7 Å². The molecule has 0 saturated carbocycles. The van der Waals surface area contributed by atoms with Gasteiger partial charge in [-0.1, -0.05) is 41.9 Å². The second kappa shape index (κ2) is 11.4. The first-order chi connectivity index (χ1) is 16.9. The number of hydrogen-bond acceptors (Lipinski definition) is 6. The van der Waals surface area contributed by atoms with Gasteiger partial charge in [-0.3, -0.25) is 4.79 Å². The molecule has 1 aliphatic rings. The van der Waals surface area contributed by atoms with Gasteiger partial charge < -0.3 is 29.6 Å². The largest absolute Gasteiger partial charge is 0.474 e. The third kappa shape index (κ3) is 6.81. The summed E-state index contributed by atoms with van der Waals surface area (Å²) in [5.74, 6) is 0.871. The zero-order valence-corrected chi connectivity index (χ0v) is 23.4. The van der Waals surface area contributed by atoms with Gasteiger partial charge in [-0.05, 0) is 51.0 Å². The molecule has 2 atom stereocenters. The maximum absolute atomic E-state index is 13.7. The highest BCUT2D eigenvalue weighted by Crippen LogP contribution is 2.30. The standard InChI is InChI=1S/C26H36BrN5O4/c1-16(2)22(30-25(34)35-7)24(33)32-13-12-31(17(3)36-26(4,5)6)15-21(32)23-28-14-20(29-23)18-8-10-19(27)11-9-18/h8-11,14,16,21-22H,3,12-13,15H2,1-2,4-7H3,(H,28,29)(H,30,34)/t21-,22-/m0/s1. The van der Waals surface area contributed by atoms with Crippen LogP contribution in [0.25, 0.3) is 11.3 Å². The van der Waals surface area contributed by atoms with Crippen molar-refractivity contribution in [3.63, 3.8) is 0 Å². The number of nitrogens with zero attached hydrogens (tertiary/aromatic N) is 3. The van der Waals surface area contributed by atoms with E-state index in [1.165, 1.54) is 7.11 Å². The van der Waals surface area contributed by atoms with Crippen molar-refractivity contribution in [2.24, 2.45) is 5.92 Å². The van der Waals surface area contributed by atoms with Crippen LogP contribution in [0.2, 0.25) is 0 Å². The van der Waals surface area contributed by atoms with Gasteiger partial charge in [0.25, 0.3) is 0 Å². The van der Waals surface area contributed by atoms with Gasteiger partial charge in [0.05, 0.1) is 19.0 Å². The third-order valence-corrected chi connectivity index (χ3v) is 6.43. The quantitative estimate of drug-likeness (QED) is 0.475. The molecule has 0 aliphatic carbocycles. The summed E-state index contributed by atoms with van der Waals surface area (Å²) in [5, 5.41) is 2.69. The van der Waals surface area contributed by atoms with Crippen molar-refractivity contribution in [3.05, 3.63) is 53.2 Å². The highest BCUT2D eigenvalue weighted by molar-refractivity contribution is 9.10. The molecule has 1 aromatic heterocycles. The maximum atomic E-state index is 13.7. The van der Waals surface area contributed by atoms with E-state index in [0.717, 1.165) is 15.7 Å². The number of aromatic amines is 1. The molecule has 2 amide bonds. The molecule has 0 spiro atoms. The summed E-state index contributed by atoms with van der Waals surface area (Å²) in [5.41, 5.74) is 1.43. The molecule has 1 saturated heterocycles. The molecule has 2 heterocycles. The Morgan fingerprint density at radius 2 is 1.89 bits per heavy atom. The minimum Gasteiger partial charge on any atom is -0.474 e. The van der Waals surface area contributed by atoms with Crippen molar-refractivity contribution in [2.45, 2.75) is 52.3 Å². The molecule has 1 aliphatic heterocycles. The molecule has 3 rings (SSSR count). The van der Waals surface area contributed by atoms with Crippen LogP contribution in [0, 0.1) is 5.92 Å². The van der Waals surface area contributed by atoms with Gasteiger partial charge in [-0.2, -0.15) is 0 Å². The van der Waals surface area contributed by atoms with Crippen LogP contribution in [-0.4, -0.2) is 70.2 Å². The molecule has 1 fully saturated rings. The zero-order chi connectivity index (χ0) is 26.6. The number of methoxy groups -OCH3 is 1. The van der Waals surface area contributed by atoms with Gasteiger partial charge in [0.1, 0.15) is 23.5 Å². The fraction of sp³-hybridized carbons (Fsp3) is 0.500. The fourth-order valence-electron chi connectivity index (χ4n) is 4.09. The van der Waals surface area contributed by atoms with Crippen LogP contribution in [0.5, 0.6) is 0 Å². The summed E-state index contributed by atoms with van der Waals surface area (Å²) in [6.07, 6.45) is 1.13. The number of carbonyl (C=O) groups is 2. The molecular formula is C26H36BrN5O4. The number of halogens is 1. The minimum absolute atomic E-state index is 0.135. The van der Waals surface area contributed by atoms with E-state index in [4.69, 9.17) is 9.47 Å². The Morgan fingerprint density at radius 3 is 2.47 bits per heavy atom. The monoisotopic (exact) mass is 561 g/mol. The number of hydrogen-bond donors (Lipinski definition) is 2. The van der Waals surface area contributed by atoms with Crippen molar-refractivity contribution in [1.29, 1.82) is 0 Å². The first-order valence-corrected chi connectivity index (χ1v) is 12.8. The van der Waals surface area contributed by atoms with Gasteiger partial charge >= 0.3 is 6.09 Å². The lowest BCUT2D eigenvalue weighted by molar-refractivity contribution is -0.140. The first kappa shape index (κ1) is 27.6. The third-order valence-electron chi connectivity index (χ3n) is 5.90. The van der Waals surface area contributed by atoms with Crippen molar-refractivity contribution >= 4 is 27.9 Å². The number of carbonyl (C=O) groups excluding carboxylic acids is 2. The van der Waals surface area contributed by atoms with Gasteiger partial charge in [0.15, 0.2) is 5.88 Å². The summed E-state index contributed by atoms with van der Waals surface area (Å²) in [7, 11) is 1.28. The lowest BCUT2D eigenvalue weighted by Gasteiger charge is -2.44. The lowest BCUT2D eigenvalue weighted by Crippen LogP contribution is -2.57. The average Bonchev–Trinajstić information content (AvgIpc) is 3.31. The highest BCUT2D eigenvalue weighted by Gasteiger charge is 2.39. The van der Waals surface area contributed by atoms with Crippen molar-refractivity contribution in [1.82, 2.24) is 25.1 Å². The van der Waals surface area contributed by atoms with E-state index in [9.17, 15) is 9.59 Å². The molecule has 0 radical (unpaired) electrons. The van der Waals surface area contributed by atoms with Crippen LogP contribution < -0.4 is 5.32 Å². The molecule has 0 bridgehead atoms. The van der Waals surface area contributed by atoms with E-state index in [1.807, 2.05) is 63.8 Å². The van der Waals surface area contributed by atoms with Gasteiger partial charge in [0.2, 0.25) is 5.91 Å². The number of aromatic nitrogens is 2. The predicted octanol–water partition coefficient (Wildman–Crippen LogP) is 4.69. The molecular weight excluding hydrogens is 526 g/mol. The van der Waals surface area contributed by atoms with Crippen LogP contribution in [0.15, 0.2) is 47.4 Å². The molecule has 2 aromatic rings. The van der Waals surface area contributed by atoms with Crippen LogP contribution in [0.3, 0.4) is 0 Å². The number of piperazine rings is 1. The first-order valence-electron chi connectivity index (χ1n) is 12.0. The van der Waals surface area contributed by atoms with Crippen molar-refractivity contribution < 1.29 is 19.1 Å². The Balaban J connectivity index is 1.93. The number of benzene rings is 1. The Bertz CT molecular complexity index is 1080. The van der Waals surface area contributed by atoms with E-state index < -0.39 is 23.8 Å². The van der Waals surface area contributed by atoms with Crippen LogP contribution >= 0.6 is 15.9 Å². The number of H-pyrrole nitrogens is 1. The molecule has 1 aromatic carbocycles. The van der Waals surface area contributed by atoms with Gasteiger partial charge in [0, 0.05) is 24.1 Å². The Labute approximate surface area is 221 Å². The smallest absolute Gasteiger partial charge is 0.407 e. The number of amides is 2. The summed E-state index contributed by atoms with van der Waals surface area (Å²) < 4.78 is 11.8. The Morgan fingerprint density at radius 1 is 1.22 bits per heavy atom. The second-order valence-corrected chi connectivity index (χ2v) is 11.1. The molecule has 196 valence electrons. The number of alkyl carbamates (subject to hydrolysis) is 1. The van der Waals surface area contributed by atoms with E-state index in [-0.39, 0.29) is 11.8 Å². The molecule has 9 nitrogen and oxygen atoms in total. The Hall–Kier alpha value is -3.01. The predicted molar refractivity (Wildman–Crippen MR) is 142 cm³/mol. The number of imidazole rings is 1. The maximum Gasteiger partial charge on any atom is 0.407 e. The zero-order valence-electron chi connectivity index (χ0n) is 21.8. The highest BCUT2D eigenvalue weighted by atomic mass is 79.9. The normalized spacial score (nSPS) is 17.1. The minimum atomic E-state index is -0.735. The molecule has 2 N–H and O–H groups in total. The summed E-state index contributed by atoms with van der Waals surface area (Å²) in [6, 6.07) is 6.77. The summed E-state index contributed by atoms with van der Waals surface area (Å²) >= 11 is 3.46. The number of ether oxygens (including phenoxy) is 2. The molecule has 0 unspecified atom stereocenters. The van der Waals surface area contributed by atoms with E-state index >= 15 is 0 Å². The van der Waals surface area contributed by atoms with Gasteiger partial charge in [-0.15, -0.1) is 0 Å². The number of rotatable bonds is 7. The van der Waals surface area contributed by atoms with Crippen LogP contribution in [0.1, 0.15) is 46.5 Å². The van der Waals surface area contributed by atoms with Crippen LogP contribution in [-0.2, 0) is 14.3 Å². The van der Waals surface area contributed by atoms with E-state index in [0.29, 0.717) is 31.3 Å². The van der Waals surface area contributed by atoms with Gasteiger partial charge in [-0.25, -0.2) is 9.78 Å². The van der Waals surface area contributed by atoms with E-state index in [1.54, 1.807) is 11.1 Å². The Kier molecular flexibility index (Phi) is 8.71. The summed E-state index contributed by atoms with van der Waals surface area (Å²) in [4.78, 5) is 37.5. The van der Waals surface area contributed by atoms with Crippen molar-refractivity contribution in [3.8, 4) is 11.3 Å². The topological polar surface area (TPSA) is 99.8 Å². The summed E-state index contributed by atoms with van der Waals surface area (Å²) in [6.45, 7) is 15.2. The number of nitrogens with one attached hydrogen (secondary N) is 2. The molecule has 10 heteroatoms. The second-order valence-electron chi connectivity index (χ2n) is 10.1. The average molecular weight is 563 g/mol.